The first-order valence-electron chi connectivity index (χ1n) is 6.64. The van der Waals surface area contributed by atoms with Crippen molar-refractivity contribution >= 4 is 23.4 Å². The lowest BCUT2D eigenvalue weighted by molar-refractivity contribution is -0.120. The van der Waals surface area contributed by atoms with Gasteiger partial charge in [0, 0.05) is 18.0 Å². The number of carbonyl (C=O) groups is 1. The Morgan fingerprint density at radius 3 is 2.50 bits per heavy atom. The van der Waals surface area contributed by atoms with E-state index in [0.29, 0.717) is 5.75 Å². The summed E-state index contributed by atoms with van der Waals surface area (Å²) >= 11 is 1.56. The molecule has 5 heteroatoms. The minimum absolute atomic E-state index is 0.117. The summed E-state index contributed by atoms with van der Waals surface area (Å²) in [6.07, 6.45) is 1.93. The molecule has 3 N–H and O–H groups in total. The molecular weight excluding hydrogens is 272 g/mol. The van der Waals surface area contributed by atoms with Crippen LogP contribution in [0.15, 0.2) is 18.2 Å². The van der Waals surface area contributed by atoms with Crippen LogP contribution >= 0.6 is 11.8 Å². The van der Waals surface area contributed by atoms with E-state index in [2.05, 4.69) is 10.6 Å². The minimum atomic E-state index is -0.867. The molecule has 0 spiro atoms. The van der Waals surface area contributed by atoms with Crippen LogP contribution in [0.1, 0.15) is 18.1 Å². The normalized spacial score (nSPS) is 13.7. The number of para-hydroxylation sites is 1. The molecule has 1 aromatic rings. The van der Waals surface area contributed by atoms with E-state index in [1.807, 2.05) is 38.3 Å². The number of nitrogens with one attached hydrogen (secondary N) is 2. The lowest BCUT2D eigenvalue weighted by Gasteiger charge is -2.22. The Morgan fingerprint density at radius 1 is 1.35 bits per heavy atom. The molecule has 20 heavy (non-hydrogen) atoms. The van der Waals surface area contributed by atoms with E-state index in [9.17, 15) is 9.90 Å². The second kappa shape index (κ2) is 7.55. The summed E-state index contributed by atoms with van der Waals surface area (Å²) in [6, 6.07) is 6.02. The quantitative estimate of drug-likeness (QED) is 0.720. The van der Waals surface area contributed by atoms with Crippen LogP contribution in [0, 0.1) is 13.8 Å². The fourth-order valence-corrected chi connectivity index (χ4v) is 2.70. The Hall–Kier alpha value is -1.20. The van der Waals surface area contributed by atoms with Gasteiger partial charge in [-0.1, -0.05) is 18.2 Å². The van der Waals surface area contributed by atoms with Crippen molar-refractivity contribution in [2.75, 3.05) is 30.4 Å². The van der Waals surface area contributed by atoms with Crippen LogP contribution in [0.4, 0.5) is 5.69 Å². The third-order valence-corrected chi connectivity index (χ3v) is 3.94. The lowest BCUT2D eigenvalue weighted by Crippen LogP contribution is -2.44. The van der Waals surface area contributed by atoms with Gasteiger partial charge in [-0.2, -0.15) is 11.8 Å². The third-order valence-electron chi connectivity index (χ3n) is 3.03. The summed E-state index contributed by atoms with van der Waals surface area (Å²) in [5.74, 6) is 0.478. The molecule has 1 rings (SSSR count). The number of thioether (sulfide) groups is 1. The van der Waals surface area contributed by atoms with Crippen molar-refractivity contribution in [2.45, 2.75) is 26.4 Å². The number of amides is 1. The van der Waals surface area contributed by atoms with Gasteiger partial charge in [0.1, 0.15) is 0 Å². The molecule has 0 aliphatic carbocycles. The maximum Gasteiger partial charge on any atom is 0.239 e. The van der Waals surface area contributed by atoms with E-state index in [0.717, 1.165) is 16.8 Å². The Bertz CT molecular complexity index is 441. The van der Waals surface area contributed by atoms with Gasteiger partial charge in [-0.25, -0.2) is 0 Å². The van der Waals surface area contributed by atoms with Crippen LogP contribution in [-0.2, 0) is 4.79 Å². The Labute approximate surface area is 125 Å². The minimum Gasteiger partial charge on any atom is -0.387 e. The topological polar surface area (TPSA) is 61.4 Å². The third kappa shape index (κ3) is 5.43. The molecule has 0 aliphatic rings. The van der Waals surface area contributed by atoms with Crippen LogP contribution in [0.5, 0.6) is 0 Å². The summed E-state index contributed by atoms with van der Waals surface area (Å²) in [5, 5.41) is 15.9. The predicted octanol–water partition coefficient (Wildman–Crippen LogP) is 1.95. The Kier molecular flexibility index (Phi) is 6.36. The number of rotatable bonds is 7. The smallest absolute Gasteiger partial charge is 0.239 e. The number of aliphatic hydroxyl groups is 1. The Balaban J connectivity index is 2.44. The maximum atomic E-state index is 11.8. The van der Waals surface area contributed by atoms with Crippen LogP contribution in [0.25, 0.3) is 0 Å². The lowest BCUT2D eigenvalue weighted by atomic mass is 10.1. The fraction of sp³-hybridized carbons (Fsp3) is 0.533. The molecule has 1 atom stereocenters. The van der Waals surface area contributed by atoms with Gasteiger partial charge in [-0.05, 0) is 38.2 Å². The molecule has 0 aliphatic heterocycles. The molecule has 0 heterocycles. The van der Waals surface area contributed by atoms with Crippen LogP contribution in [0.3, 0.4) is 0 Å². The molecule has 4 nitrogen and oxygen atoms in total. The zero-order valence-electron chi connectivity index (χ0n) is 12.6. The Morgan fingerprint density at radius 2 is 1.95 bits per heavy atom. The summed E-state index contributed by atoms with van der Waals surface area (Å²) in [7, 11) is 0. The van der Waals surface area contributed by atoms with E-state index in [1.54, 1.807) is 18.7 Å². The number of hydrogen-bond donors (Lipinski definition) is 3. The molecule has 0 saturated carbocycles. The van der Waals surface area contributed by atoms with Crippen LogP contribution < -0.4 is 10.6 Å². The summed E-state index contributed by atoms with van der Waals surface area (Å²) in [4.78, 5) is 11.8. The van der Waals surface area contributed by atoms with E-state index in [1.165, 1.54) is 0 Å². The SMILES string of the molecule is CSCC(C)(O)CNC(=O)CNc1c(C)cccc1C. The average Bonchev–Trinajstić information content (AvgIpc) is 2.36. The van der Waals surface area contributed by atoms with Crippen LogP contribution in [-0.4, -0.2) is 41.7 Å². The molecular formula is C15H24N2O2S. The highest BCUT2D eigenvalue weighted by Gasteiger charge is 2.20. The largest absolute Gasteiger partial charge is 0.387 e. The molecule has 0 bridgehead atoms. The number of aryl methyl sites for hydroxylation is 2. The standard InChI is InChI=1S/C15H24N2O2S/c1-11-6-5-7-12(2)14(11)16-8-13(18)17-9-15(3,19)10-20-4/h5-7,16,19H,8-10H2,1-4H3,(H,17,18). The maximum absolute atomic E-state index is 11.8. The number of carbonyl (C=O) groups excluding carboxylic acids is 1. The van der Waals surface area contributed by atoms with Gasteiger partial charge in [0.15, 0.2) is 0 Å². The van der Waals surface area contributed by atoms with Gasteiger partial charge in [0.05, 0.1) is 12.1 Å². The van der Waals surface area contributed by atoms with E-state index >= 15 is 0 Å². The van der Waals surface area contributed by atoms with Gasteiger partial charge in [0.25, 0.3) is 0 Å². The number of hydrogen-bond acceptors (Lipinski definition) is 4. The molecule has 0 saturated heterocycles. The van der Waals surface area contributed by atoms with Crippen molar-refractivity contribution in [2.24, 2.45) is 0 Å². The van der Waals surface area contributed by atoms with Crippen LogP contribution in [0.2, 0.25) is 0 Å². The van der Waals surface area contributed by atoms with Gasteiger partial charge < -0.3 is 15.7 Å². The van der Waals surface area contributed by atoms with Gasteiger partial charge >= 0.3 is 0 Å². The van der Waals surface area contributed by atoms with Gasteiger partial charge in [-0.3, -0.25) is 4.79 Å². The second-order valence-electron chi connectivity index (χ2n) is 5.33. The highest BCUT2D eigenvalue weighted by molar-refractivity contribution is 7.98. The fourth-order valence-electron chi connectivity index (χ4n) is 1.98. The van der Waals surface area contributed by atoms with Crippen molar-refractivity contribution in [3.63, 3.8) is 0 Å². The highest BCUT2D eigenvalue weighted by atomic mass is 32.2. The van der Waals surface area contributed by atoms with Crippen molar-refractivity contribution in [3.05, 3.63) is 29.3 Å². The molecule has 0 fully saturated rings. The highest BCUT2D eigenvalue weighted by Crippen LogP contribution is 2.18. The van der Waals surface area contributed by atoms with E-state index < -0.39 is 5.60 Å². The molecule has 1 unspecified atom stereocenters. The zero-order valence-corrected chi connectivity index (χ0v) is 13.4. The number of benzene rings is 1. The van der Waals surface area contributed by atoms with Crippen molar-refractivity contribution in [3.8, 4) is 0 Å². The van der Waals surface area contributed by atoms with Gasteiger partial charge in [0.2, 0.25) is 5.91 Å². The first-order chi connectivity index (χ1) is 9.35. The monoisotopic (exact) mass is 296 g/mol. The first kappa shape index (κ1) is 16.9. The van der Waals surface area contributed by atoms with Crippen molar-refractivity contribution < 1.29 is 9.90 Å². The van der Waals surface area contributed by atoms with E-state index in [-0.39, 0.29) is 19.0 Å². The zero-order chi connectivity index (χ0) is 15.2. The second-order valence-corrected chi connectivity index (χ2v) is 6.19. The summed E-state index contributed by atoms with van der Waals surface area (Å²) in [6.45, 7) is 6.22. The first-order valence-corrected chi connectivity index (χ1v) is 8.03. The average molecular weight is 296 g/mol. The molecule has 1 amide bonds. The molecule has 112 valence electrons. The molecule has 0 radical (unpaired) electrons. The van der Waals surface area contributed by atoms with E-state index in [4.69, 9.17) is 0 Å². The van der Waals surface area contributed by atoms with Crippen molar-refractivity contribution in [1.29, 1.82) is 0 Å². The summed E-state index contributed by atoms with van der Waals surface area (Å²) in [5.41, 5.74) is 2.37. The van der Waals surface area contributed by atoms with Crippen molar-refractivity contribution in [1.82, 2.24) is 5.32 Å². The molecule has 0 aromatic heterocycles. The predicted molar refractivity (Wildman–Crippen MR) is 86.4 cm³/mol. The number of anilines is 1. The summed E-state index contributed by atoms with van der Waals surface area (Å²) < 4.78 is 0. The van der Waals surface area contributed by atoms with Gasteiger partial charge in [-0.15, -0.1) is 0 Å². The molecule has 1 aromatic carbocycles.